The van der Waals surface area contributed by atoms with E-state index in [1.807, 2.05) is 6.92 Å². The lowest BCUT2D eigenvalue weighted by molar-refractivity contribution is -0.132. The summed E-state index contributed by atoms with van der Waals surface area (Å²) in [6, 6.07) is 6.81. The standard InChI is InChI=1S/C21H32N4O4S/c1-17-7-9-19(10-8-17)30(28,29)25-15-13-24(14-16-25)20(26)11-12-22-21(27)23-18-5-3-2-4-6-18/h7-10,18H,2-6,11-16H2,1H3,(H2,22,23,27). The number of sulfonamides is 1. The highest BCUT2D eigenvalue weighted by Gasteiger charge is 2.29. The minimum Gasteiger partial charge on any atom is -0.340 e. The molecular weight excluding hydrogens is 404 g/mol. The molecule has 1 aliphatic carbocycles. The predicted octanol–water partition coefficient (Wildman–Crippen LogP) is 1.85. The van der Waals surface area contributed by atoms with Gasteiger partial charge < -0.3 is 15.5 Å². The van der Waals surface area contributed by atoms with Gasteiger partial charge in [-0.1, -0.05) is 37.0 Å². The Balaban J connectivity index is 1.39. The van der Waals surface area contributed by atoms with E-state index in [0.29, 0.717) is 13.1 Å². The van der Waals surface area contributed by atoms with Crippen LogP contribution in [0.5, 0.6) is 0 Å². The van der Waals surface area contributed by atoms with E-state index >= 15 is 0 Å². The molecule has 0 spiro atoms. The third kappa shape index (κ3) is 5.95. The first-order chi connectivity index (χ1) is 14.4. The van der Waals surface area contributed by atoms with Gasteiger partial charge in [0.2, 0.25) is 15.9 Å². The molecule has 1 saturated carbocycles. The number of nitrogens with one attached hydrogen (secondary N) is 2. The van der Waals surface area contributed by atoms with Gasteiger partial charge in [-0.25, -0.2) is 13.2 Å². The summed E-state index contributed by atoms with van der Waals surface area (Å²) in [7, 11) is -3.54. The van der Waals surface area contributed by atoms with E-state index in [0.717, 1.165) is 31.2 Å². The van der Waals surface area contributed by atoms with Crippen molar-refractivity contribution < 1.29 is 18.0 Å². The van der Waals surface area contributed by atoms with Crippen molar-refractivity contribution in [3.8, 4) is 0 Å². The third-order valence-corrected chi connectivity index (χ3v) is 7.73. The Bertz CT molecular complexity index is 827. The number of rotatable bonds is 6. The number of piperazine rings is 1. The fourth-order valence-electron chi connectivity index (χ4n) is 3.96. The molecule has 1 saturated heterocycles. The molecule has 30 heavy (non-hydrogen) atoms. The average molecular weight is 437 g/mol. The molecular formula is C21H32N4O4S. The Morgan fingerprint density at radius 1 is 1.00 bits per heavy atom. The van der Waals surface area contributed by atoms with Crippen LogP contribution in [0.1, 0.15) is 44.1 Å². The number of amides is 3. The highest BCUT2D eigenvalue weighted by atomic mass is 32.2. The van der Waals surface area contributed by atoms with Crippen LogP contribution in [0.4, 0.5) is 4.79 Å². The van der Waals surface area contributed by atoms with Gasteiger partial charge in [0.15, 0.2) is 0 Å². The predicted molar refractivity (Wildman–Crippen MR) is 115 cm³/mol. The zero-order chi connectivity index (χ0) is 21.6. The van der Waals surface area contributed by atoms with E-state index in [4.69, 9.17) is 0 Å². The molecule has 166 valence electrons. The van der Waals surface area contributed by atoms with Crippen molar-refractivity contribution in [1.29, 1.82) is 0 Å². The summed E-state index contributed by atoms with van der Waals surface area (Å²) >= 11 is 0. The molecule has 0 radical (unpaired) electrons. The van der Waals surface area contributed by atoms with Crippen LogP contribution in [0.2, 0.25) is 0 Å². The van der Waals surface area contributed by atoms with E-state index in [-0.39, 0.29) is 48.9 Å². The molecule has 0 aromatic heterocycles. The van der Waals surface area contributed by atoms with Gasteiger partial charge in [-0.05, 0) is 31.9 Å². The van der Waals surface area contributed by atoms with Crippen LogP contribution in [0, 0.1) is 6.92 Å². The van der Waals surface area contributed by atoms with Gasteiger partial charge >= 0.3 is 6.03 Å². The number of nitrogens with zero attached hydrogens (tertiary/aromatic N) is 2. The molecule has 9 heteroatoms. The molecule has 1 aromatic rings. The van der Waals surface area contributed by atoms with Gasteiger partial charge in [0.1, 0.15) is 0 Å². The molecule has 3 rings (SSSR count). The second kappa shape index (κ2) is 10.3. The first-order valence-corrected chi connectivity index (χ1v) is 12.2. The summed E-state index contributed by atoms with van der Waals surface area (Å²) in [4.78, 5) is 26.3. The molecule has 8 nitrogen and oxygen atoms in total. The fraction of sp³-hybridized carbons (Fsp3) is 0.619. The van der Waals surface area contributed by atoms with Crippen molar-refractivity contribution >= 4 is 22.0 Å². The van der Waals surface area contributed by atoms with Crippen molar-refractivity contribution in [2.75, 3.05) is 32.7 Å². The number of benzene rings is 1. The van der Waals surface area contributed by atoms with Crippen molar-refractivity contribution in [3.05, 3.63) is 29.8 Å². The summed E-state index contributed by atoms with van der Waals surface area (Å²) in [6.45, 7) is 3.46. The lowest BCUT2D eigenvalue weighted by atomic mass is 9.96. The van der Waals surface area contributed by atoms with Gasteiger partial charge in [-0.2, -0.15) is 4.31 Å². The first kappa shape index (κ1) is 22.6. The number of carbonyl (C=O) groups excluding carboxylic acids is 2. The minimum absolute atomic E-state index is 0.0691. The molecule has 2 fully saturated rings. The minimum atomic E-state index is -3.54. The molecule has 2 aliphatic rings. The molecule has 2 N–H and O–H groups in total. The van der Waals surface area contributed by atoms with Gasteiger partial charge in [0, 0.05) is 45.2 Å². The van der Waals surface area contributed by atoms with Crippen LogP contribution in [-0.2, 0) is 14.8 Å². The summed E-state index contributed by atoms with van der Waals surface area (Å²) in [6.07, 6.45) is 5.77. The third-order valence-electron chi connectivity index (χ3n) is 5.81. The van der Waals surface area contributed by atoms with E-state index in [2.05, 4.69) is 10.6 Å². The lowest BCUT2D eigenvalue weighted by Gasteiger charge is -2.34. The van der Waals surface area contributed by atoms with E-state index in [9.17, 15) is 18.0 Å². The van der Waals surface area contributed by atoms with E-state index in [1.54, 1.807) is 29.2 Å². The second-order valence-electron chi connectivity index (χ2n) is 8.08. The average Bonchev–Trinajstić information content (AvgIpc) is 2.75. The molecule has 0 atom stereocenters. The summed E-state index contributed by atoms with van der Waals surface area (Å²) in [5.74, 6) is -0.0691. The quantitative estimate of drug-likeness (QED) is 0.711. The molecule has 1 aromatic carbocycles. The Labute approximate surface area is 179 Å². The number of aryl methyl sites for hydroxylation is 1. The summed E-state index contributed by atoms with van der Waals surface area (Å²) in [5.41, 5.74) is 1.00. The second-order valence-corrected chi connectivity index (χ2v) is 10.0. The van der Waals surface area contributed by atoms with Crippen LogP contribution < -0.4 is 10.6 Å². The van der Waals surface area contributed by atoms with Gasteiger partial charge in [-0.15, -0.1) is 0 Å². The molecule has 1 heterocycles. The smallest absolute Gasteiger partial charge is 0.315 e. The zero-order valence-corrected chi connectivity index (χ0v) is 18.4. The van der Waals surface area contributed by atoms with Gasteiger partial charge in [0.05, 0.1) is 4.90 Å². The van der Waals surface area contributed by atoms with Crippen LogP contribution in [-0.4, -0.2) is 68.3 Å². The first-order valence-electron chi connectivity index (χ1n) is 10.8. The van der Waals surface area contributed by atoms with Crippen molar-refractivity contribution in [2.45, 2.75) is 56.4 Å². The zero-order valence-electron chi connectivity index (χ0n) is 17.6. The van der Waals surface area contributed by atoms with Crippen LogP contribution in [0.15, 0.2) is 29.2 Å². The van der Waals surface area contributed by atoms with Crippen molar-refractivity contribution in [2.24, 2.45) is 0 Å². The molecule has 0 unspecified atom stereocenters. The van der Waals surface area contributed by atoms with Gasteiger partial charge in [0.25, 0.3) is 0 Å². The van der Waals surface area contributed by atoms with Crippen LogP contribution >= 0.6 is 0 Å². The Kier molecular flexibility index (Phi) is 7.71. The number of hydrogen-bond donors (Lipinski definition) is 2. The topological polar surface area (TPSA) is 98.8 Å². The number of carbonyl (C=O) groups is 2. The fourth-order valence-corrected chi connectivity index (χ4v) is 5.38. The maximum atomic E-state index is 12.8. The number of hydrogen-bond acceptors (Lipinski definition) is 4. The Hall–Kier alpha value is -2.13. The molecule has 3 amide bonds. The van der Waals surface area contributed by atoms with E-state index < -0.39 is 10.0 Å². The highest BCUT2D eigenvalue weighted by Crippen LogP contribution is 2.19. The largest absolute Gasteiger partial charge is 0.340 e. The maximum Gasteiger partial charge on any atom is 0.315 e. The van der Waals surface area contributed by atoms with Crippen LogP contribution in [0.3, 0.4) is 0 Å². The van der Waals surface area contributed by atoms with Crippen LogP contribution in [0.25, 0.3) is 0 Å². The summed E-state index contributed by atoms with van der Waals surface area (Å²) in [5, 5.41) is 5.72. The van der Waals surface area contributed by atoms with Gasteiger partial charge in [-0.3, -0.25) is 4.79 Å². The highest BCUT2D eigenvalue weighted by molar-refractivity contribution is 7.89. The normalized spacial score (nSPS) is 18.8. The summed E-state index contributed by atoms with van der Waals surface area (Å²) < 4.78 is 26.9. The lowest BCUT2D eigenvalue weighted by Crippen LogP contribution is -2.51. The SMILES string of the molecule is Cc1ccc(S(=O)(=O)N2CCN(C(=O)CCNC(=O)NC3CCCCC3)CC2)cc1. The van der Waals surface area contributed by atoms with Crippen molar-refractivity contribution in [3.63, 3.8) is 0 Å². The number of urea groups is 1. The molecule has 1 aliphatic heterocycles. The molecule has 0 bridgehead atoms. The van der Waals surface area contributed by atoms with E-state index in [1.165, 1.54) is 10.7 Å². The Morgan fingerprint density at radius 3 is 2.27 bits per heavy atom. The van der Waals surface area contributed by atoms with Crippen molar-refractivity contribution in [1.82, 2.24) is 19.8 Å². The Morgan fingerprint density at radius 2 is 1.63 bits per heavy atom. The monoisotopic (exact) mass is 436 g/mol. The maximum absolute atomic E-state index is 12.8.